The van der Waals surface area contributed by atoms with Crippen molar-refractivity contribution in [1.29, 1.82) is 0 Å². The summed E-state index contributed by atoms with van der Waals surface area (Å²) in [5.74, 6) is 0. The van der Waals surface area contributed by atoms with Gasteiger partial charge in [-0.1, -0.05) is 0 Å². The van der Waals surface area contributed by atoms with Crippen LogP contribution < -0.4 is 0 Å². The molecular weight excluding hydrogens is 124 g/mol. The molecule has 0 atom stereocenters. The summed E-state index contributed by atoms with van der Waals surface area (Å²) in [4.78, 5) is 7.17. The monoisotopic (exact) mass is 131 g/mol. The van der Waals surface area contributed by atoms with E-state index in [2.05, 4.69) is 16.2 Å². The number of hydrogen-bond acceptors (Lipinski definition) is 1. The van der Waals surface area contributed by atoms with Crippen molar-refractivity contribution in [2.75, 3.05) is 0 Å². The molecule has 0 unspecified atom stereocenters. The van der Waals surface area contributed by atoms with Crippen LogP contribution in [-0.2, 0) is 0 Å². The summed E-state index contributed by atoms with van der Waals surface area (Å²) in [6, 6.07) is 5.91. The molecular formula is C8H7N2. The number of rotatable bonds is 0. The highest BCUT2D eigenvalue weighted by molar-refractivity contribution is 5.74. The van der Waals surface area contributed by atoms with E-state index in [-0.39, 0.29) is 0 Å². The fraction of sp³-hybridized carbons (Fsp3) is 0.125. The van der Waals surface area contributed by atoms with Gasteiger partial charge < -0.3 is 4.98 Å². The predicted octanol–water partition coefficient (Wildman–Crippen LogP) is 1.67. The Kier molecular flexibility index (Phi) is 1.01. The zero-order chi connectivity index (χ0) is 6.97. The van der Waals surface area contributed by atoms with Gasteiger partial charge in [0.05, 0.1) is 6.20 Å². The van der Waals surface area contributed by atoms with Crippen LogP contribution >= 0.6 is 0 Å². The minimum atomic E-state index is 0.917. The van der Waals surface area contributed by atoms with Crippen LogP contribution in [0.4, 0.5) is 0 Å². The Morgan fingerprint density at radius 1 is 1.50 bits per heavy atom. The second-order valence-corrected chi connectivity index (χ2v) is 2.30. The molecule has 2 heterocycles. The fourth-order valence-corrected chi connectivity index (χ4v) is 0.966. The van der Waals surface area contributed by atoms with Gasteiger partial charge in [0.1, 0.15) is 5.65 Å². The molecule has 2 aromatic heterocycles. The molecule has 0 aliphatic rings. The van der Waals surface area contributed by atoms with Crippen molar-refractivity contribution in [2.24, 2.45) is 0 Å². The average molecular weight is 131 g/mol. The number of aromatic amines is 1. The third-order valence-electron chi connectivity index (χ3n) is 1.48. The van der Waals surface area contributed by atoms with E-state index in [1.54, 1.807) is 0 Å². The quantitative estimate of drug-likeness (QED) is 0.578. The SMILES string of the molecule is Cc1ccc2c[c][nH]c2n1. The van der Waals surface area contributed by atoms with Gasteiger partial charge in [-0.15, -0.1) is 0 Å². The number of nitrogens with one attached hydrogen (secondary N) is 1. The summed E-state index contributed by atoms with van der Waals surface area (Å²) in [6.07, 6.45) is 2.88. The normalized spacial score (nSPS) is 10.5. The second kappa shape index (κ2) is 1.84. The lowest BCUT2D eigenvalue weighted by atomic mass is 10.3. The highest BCUT2D eigenvalue weighted by atomic mass is 14.8. The first-order valence-electron chi connectivity index (χ1n) is 3.19. The lowest BCUT2D eigenvalue weighted by Crippen LogP contribution is -1.79. The molecule has 10 heavy (non-hydrogen) atoms. The van der Waals surface area contributed by atoms with Gasteiger partial charge in [-0.25, -0.2) is 4.98 Å². The summed E-state index contributed by atoms with van der Waals surface area (Å²) in [7, 11) is 0. The van der Waals surface area contributed by atoms with Crippen LogP contribution in [0.25, 0.3) is 11.0 Å². The van der Waals surface area contributed by atoms with Crippen molar-refractivity contribution < 1.29 is 0 Å². The number of aromatic nitrogens is 2. The van der Waals surface area contributed by atoms with Gasteiger partial charge >= 0.3 is 0 Å². The van der Waals surface area contributed by atoms with Crippen LogP contribution in [0.2, 0.25) is 0 Å². The van der Waals surface area contributed by atoms with Crippen LogP contribution in [0.5, 0.6) is 0 Å². The number of H-pyrrole nitrogens is 1. The van der Waals surface area contributed by atoms with Gasteiger partial charge in [0.15, 0.2) is 0 Å². The van der Waals surface area contributed by atoms with E-state index in [1.807, 2.05) is 25.1 Å². The van der Waals surface area contributed by atoms with E-state index in [4.69, 9.17) is 0 Å². The molecule has 2 aromatic rings. The van der Waals surface area contributed by atoms with Crippen molar-refractivity contribution in [3.05, 3.63) is 30.1 Å². The van der Waals surface area contributed by atoms with Crippen LogP contribution in [0.15, 0.2) is 18.2 Å². The first-order valence-corrected chi connectivity index (χ1v) is 3.19. The standard InChI is InChI=1S/C8H7N2/c1-6-2-3-7-4-5-9-8(7)10-6/h2-4H,1H3,(H,9,10). The van der Waals surface area contributed by atoms with Crippen molar-refractivity contribution in [2.45, 2.75) is 6.92 Å². The topological polar surface area (TPSA) is 28.7 Å². The average Bonchev–Trinajstić information content (AvgIpc) is 2.33. The first-order chi connectivity index (χ1) is 4.86. The molecule has 0 bridgehead atoms. The Labute approximate surface area is 58.9 Å². The summed E-state index contributed by atoms with van der Waals surface area (Å²) in [5, 5.41) is 1.12. The lowest BCUT2D eigenvalue weighted by Gasteiger charge is -1.89. The second-order valence-electron chi connectivity index (χ2n) is 2.30. The molecule has 49 valence electrons. The van der Waals surface area contributed by atoms with E-state index in [9.17, 15) is 0 Å². The Bertz CT molecular complexity index is 349. The first kappa shape index (κ1) is 5.47. The van der Waals surface area contributed by atoms with Gasteiger partial charge in [0, 0.05) is 11.1 Å². The lowest BCUT2D eigenvalue weighted by molar-refractivity contribution is 1.22. The Morgan fingerprint density at radius 3 is 3.30 bits per heavy atom. The van der Waals surface area contributed by atoms with E-state index in [1.165, 1.54) is 0 Å². The van der Waals surface area contributed by atoms with Gasteiger partial charge in [-0.2, -0.15) is 0 Å². The molecule has 0 fully saturated rings. The zero-order valence-corrected chi connectivity index (χ0v) is 5.68. The maximum atomic E-state index is 4.25. The molecule has 2 heteroatoms. The van der Waals surface area contributed by atoms with Crippen LogP contribution in [-0.4, -0.2) is 9.97 Å². The third-order valence-corrected chi connectivity index (χ3v) is 1.48. The van der Waals surface area contributed by atoms with Crippen molar-refractivity contribution >= 4 is 11.0 Å². The van der Waals surface area contributed by atoms with Crippen molar-refractivity contribution in [1.82, 2.24) is 9.97 Å². The van der Waals surface area contributed by atoms with Gasteiger partial charge in [0.25, 0.3) is 0 Å². The Morgan fingerprint density at radius 2 is 2.40 bits per heavy atom. The molecule has 0 spiro atoms. The smallest absolute Gasteiger partial charge is 0.138 e. The minimum Gasteiger partial charge on any atom is -0.338 e. The molecule has 0 amide bonds. The van der Waals surface area contributed by atoms with E-state index < -0.39 is 0 Å². The van der Waals surface area contributed by atoms with Crippen LogP contribution in [0.3, 0.4) is 0 Å². The fourth-order valence-electron chi connectivity index (χ4n) is 0.966. The maximum absolute atomic E-state index is 4.25. The largest absolute Gasteiger partial charge is 0.338 e. The Balaban J connectivity index is 2.86. The van der Waals surface area contributed by atoms with E-state index in [0.717, 1.165) is 16.7 Å². The molecule has 0 aromatic carbocycles. The number of nitrogens with zero attached hydrogens (tertiary/aromatic N) is 1. The predicted molar refractivity (Wildman–Crippen MR) is 39.7 cm³/mol. The van der Waals surface area contributed by atoms with E-state index >= 15 is 0 Å². The van der Waals surface area contributed by atoms with E-state index in [0.29, 0.717) is 0 Å². The van der Waals surface area contributed by atoms with Crippen molar-refractivity contribution in [3.63, 3.8) is 0 Å². The molecule has 0 saturated heterocycles. The molecule has 2 nitrogen and oxygen atoms in total. The number of pyridine rings is 1. The summed E-state index contributed by atoms with van der Waals surface area (Å²) >= 11 is 0. The van der Waals surface area contributed by atoms with Crippen LogP contribution in [0.1, 0.15) is 5.69 Å². The molecule has 0 aliphatic heterocycles. The number of aryl methyl sites for hydroxylation is 1. The molecule has 2 rings (SSSR count). The van der Waals surface area contributed by atoms with Crippen molar-refractivity contribution in [3.8, 4) is 0 Å². The summed E-state index contributed by atoms with van der Waals surface area (Å²) in [6.45, 7) is 1.97. The summed E-state index contributed by atoms with van der Waals surface area (Å²) in [5.41, 5.74) is 1.95. The highest BCUT2D eigenvalue weighted by Gasteiger charge is 1.93. The van der Waals surface area contributed by atoms with Gasteiger partial charge in [-0.05, 0) is 25.1 Å². The van der Waals surface area contributed by atoms with Gasteiger partial charge in [-0.3, -0.25) is 0 Å². The summed E-state index contributed by atoms with van der Waals surface area (Å²) < 4.78 is 0. The Hall–Kier alpha value is -1.31. The molecule has 0 aliphatic carbocycles. The molecule has 0 saturated carbocycles. The number of hydrogen-bond donors (Lipinski definition) is 1. The highest BCUT2D eigenvalue weighted by Crippen LogP contribution is 2.08. The molecule has 1 N–H and O–H groups in total. The zero-order valence-electron chi connectivity index (χ0n) is 5.68. The maximum Gasteiger partial charge on any atom is 0.138 e. The third kappa shape index (κ3) is 0.692. The molecule has 1 radical (unpaired) electrons. The van der Waals surface area contributed by atoms with Crippen LogP contribution in [0, 0.1) is 13.1 Å². The van der Waals surface area contributed by atoms with Gasteiger partial charge in [0.2, 0.25) is 0 Å². The minimum absolute atomic E-state index is 0.917. The number of fused-ring (bicyclic) bond motifs is 1.